The van der Waals surface area contributed by atoms with E-state index in [1.165, 1.54) is 11.3 Å². The molecule has 0 atom stereocenters. The Morgan fingerprint density at radius 1 is 1.41 bits per heavy atom. The molecule has 7 nitrogen and oxygen atoms in total. The number of carbonyl (C=O) groups excluding carboxylic acids is 3. The van der Waals surface area contributed by atoms with Gasteiger partial charge in [0.1, 0.15) is 5.54 Å². The zero-order valence-corrected chi connectivity index (χ0v) is 17.2. The van der Waals surface area contributed by atoms with Crippen molar-refractivity contribution in [3.63, 3.8) is 0 Å². The lowest BCUT2D eigenvalue weighted by atomic mass is 9.77. The van der Waals surface area contributed by atoms with Gasteiger partial charge < -0.3 is 5.32 Å². The largest absolute Gasteiger partial charge is 0.344 e. The van der Waals surface area contributed by atoms with E-state index in [0.29, 0.717) is 36.2 Å². The monoisotopic (exact) mass is 412 g/mol. The van der Waals surface area contributed by atoms with Crippen molar-refractivity contribution >= 4 is 40.8 Å². The first-order valence-corrected chi connectivity index (χ1v) is 10.4. The molecular weight excluding hydrogens is 388 g/mol. The molecule has 9 heteroatoms. The van der Waals surface area contributed by atoms with E-state index < -0.39 is 11.6 Å². The number of rotatable bonds is 6. The van der Waals surface area contributed by atoms with Crippen molar-refractivity contribution in [3.8, 4) is 0 Å². The standard InChI is InChI=1S/C18H25ClN4O3S/c1-3-22(10-13-4-5-14(19)27-13)11-15(24)21-23-16(25)18(20-17(23)26)8-6-12(2)7-9-18/h4-5,12H,3,6-11H2,1-2H3,(H,20,26)(H,21,24). The normalized spacial score (nSPS) is 25.3. The topological polar surface area (TPSA) is 81.8 Å². The van der Waals surface area contributed by atoms with Crippen molar-refractivity contribution in [1.82, 2.24) is 20.7 Å². The summed E-state index contributed by atoms with van der Waals surface area (Å²) in [4.78, 5) is 40.5. The van der Waals surface area contributed by atoms with Crippen molar-refractivity contribution in [2.75, 3.05) is 13.1 Å². The fourth-order valence-corrected chi connectivity index (χ4v) is 4.75. The van der Waals surface area contributed by atoms with Gasteiger partial charge in [0.25, 0.3) is 11.8 Å². The molecule has 1 spiro atoms. The molecule has 1 aliphatic heterocycles. The van der Waals surface area contributed by atoms with Gasteiger partial charge in [0.15, 0.2) is 0 Å². The van der Waals surface area contributed by atoms with Crippen LogP contribution < -0.4 is 10.7 Å². The maximum atomic E-state index is 12.8. The third-order valence-electron chi connectivity index (χ3n) is 5.35. The molecule has 1 aliphatic carbocycles. The third-order valence-corrected chi connectivity index (χ3v) is 6.56. The molecule has 0 unspecified atom stereocenters. The minimum absolute atomic E-state index is 0.0904. The number of urea groups is 1. The van der Waals surface area contributed by atoms with Crippen LogP contribution in [-0.4, -0.2) is 46.4 Å². The molecular formula is C18H25ClN4O3S. The Hall–Kier alpha value is -1.64. The molecule has 1 aromatic heterocycles. The number of imide groups is 1. The highest BCUT2D eigenvalue weighted by atomic mass is 35.5. The first-order chi connectivity index (χ1) is 12.8. The van der Waals surface area contributed by atoms with Crippen LogP contribution in [0.25, 0.3) is 0 Å². The number of halogens is 1. The lowest BCUT2D eigenvalue weighted by molar-refractivity contribution is -0.140. The summed E-state index contributed by atoms with van der Waals surface area (Å²) < 4.78 is 0.705. The number of hydrogen-bond acceptors (Lipinski definition) is 5. The van der Waals surface area contributed by atoms with Gasteiger partial charge in [-0.05, 0) is 50.3 Å². The molecule has 2 heterocycles. The molecule has 0 radical (unpaired) electrons. The van der Waals surface area contributed by atoms with E-state index in [0.717, 1.165) is 22.7 Å². The van der Waals surface area contributed by atoms with Crippen LogP contribution in [0.3, 0.4) is 0 Å². The van der Waals surface area contributed by atoms with Crippen LogP contribution in [-0.2, 0) is 16.1 Å². The number of amides is 4. The number of nitrogens with zero attached hydrogens (tertiary/aromatic N) is 2. The number of carbonyl (C=O) groups is 3. The first-order valence-electron chi connectivity index (χ1n) is 9.25. The van der Waals surface area contributed by atoms with Gasteiger partial charge in [-0.1, -0.05) is 25.4 Å². The van der Waals surface area contributed by atoms with Crippen molar-refractivity contribution in [1.29, 1.82) is 0 Å². The summed E-state index contributed by atoms with van der Waals surface area (Å²) in [5, 5.41) is 3.66. The Kier molecular flexibility index (Phi) is 6.08. The third kappa shape index (κ3) is 4.44. The van der Waals surface area contributed by atoms with Gasteiger partial charge in [0.2, 0.25) is 0 Å². The lowest BCUT2D eigenvalue weighted by Crippen LogP contribution is -2.52. The van der Waals surface area contributed by atoms with Gasteiger partial charge >= 0.3 is 6.03 Å². The van der Waals surface area contributed by atoms with Gasteiger partial charge in [-0.2, -0.15) is 5.01 Å². The minimum Gasteiger partial charge on any atom is -0.322 e. The zero-order valence-electron chi connectivity index (χ0n) is 15.6. The van der Waals surface area contributed by atoms with Crippen LogP contribution in [0, 0.1) is 5.92 Å². The predicted molar refractivity (Wildman–Crippen MR) is 104 cm³/mol. The molecule has 0 aromatic carbocycles. The Morgan fingerprint density at radius 2 is 2.11 bits per heavy atom. The summed E-state index contributed by atoms with van der Waals surface area (Å²) in [6.45, 7) is 5.43. The Bertz CT molecular complexity index is 730. The second-order valence-corrected chi connectivity index (χ2v) is 9.18. The zero-order chi connectivity index (χ0) is 19.6. The molecule has 1 saturated carbocycles. The number of hydrogen-bond donors (Lipinski definition) is 2. The molecule has 2 fully saturated rings. The SMILES string of the molecule is CCN(CC(=O)NN1C(=O)NC2(CCC(C)CC2)C1=O)Cc1ccc(Cl)s1. The quantitative estimate of drug-likeness (QED) is 0.704. The summed E-state index contributed by atoms with van der Waals surface area (Å²) in [7, 11) is 0. The summed E-state index contributed by atoms with van der Waals surface area (Å²) in [6.07, 6.45) is 3.01. The highest BCUT2D eigenvalue weighted by Crippen LogP contribution is 2.35. The Balaban J connectivity index is 1.58. The summed E-state index contributed by atoms with van der Waals surface area (Å²) >= 11 is 7.42. The maximum absolute atomic E-state index is 12.8. The van der Waals surface area contributed by atoms with Crippen molar-refractivity contribution in [2.24, 2.45) is 5.92 Å². The fraction of sp³-hybridized carbons (Fsp3) is 0.611. The summed E-state index contributed by atoms with van der Waals surface area (Å²) in [6, 6.07) is 3.21. The molecule has 3 rings (SSSR count). The second-order valence-electron chi connectivity index (χ2n) is 7.38. The highest BCUT2D eigenvalue weighted by Gasteiger charge is 2.52. The summed E-state index contributed by atoms with van der Waals surface area (Å²) in [5.41, 5.74) is 1.63. The molecule has 1 aromatic rings. The molecule has 2 aliphatic rings. The van der Waals surface area contributed by atoms with Gasteiger partial charge in [0, 0.05) is 11.4 Å². The minimum atomic E-state index is -0.852. The molecule has 2 N–H and O–H groups in total. The van der Waals surface area contributed by atoms with Gasteiger partial charge in [-0.3, -0.25) is 19.9 Å². The highest BCUT2D eigenvalue weighted by molar-refractivity contribution is 7.16. The predicted octanol–water partition coefficient (Wildman–Crippen LogP) is 2.76. The summed E-state index contributed by atoms with van der Waals surface area (Å²) in [5.74, 6) is -0.182. The molecule has 4 amide bonds. The van der Waals surface area contributed by atoms with E-state index in [1.54, 1.807) is 0 Å². The molecule has 1 saturated heterocycles. The van der Waals surface area contributed by atoms with E-state index in [4.69, 9.17) is 11.6 Å². The van der Waals surface area contributed by atoms with Crippen LogP contribution >= 0.6 is 22.9 Å². The maximum Gasteiger partial charge on any atom is 0.344 e. The van der Waals surface area contributed by atoms with E-state index in [9.17, 15) is 14.4 Å². The molecule has 27 heavy (non-hydrogen) atoms. The van der Waals surface area contributed by atoms with Gasteiger partial charge in [-0.15, -0.1) is 11.3 Å². The van der Waals surface area contributed by atoms with Crippen molar-refractivity contribution in [3.05, 3.63) is 21.3 Å². The number of thiophene rings is 1. The smallest absolute Gasteiger partial charge is 0.322 e. The average molecular weight is 413 g/mol. The second kappa shape index (κ2) is 8.16. The van der Waals surface area contributed by atoms with Crippen LogP contribution in [0.2, 0.25) is 4.34 Å². The van der Waals surface area contributed by atoms with Gasteiger partial charge in [-0.25, -0.2) is 4.79 Å². The van der Waals surface area contributed by atoms with Gasteiger partial charge in [0.05, 0.1) is 10.9 Å². The molecule has 0 bridgehead atoms. The van der Waals surface area contributed by atoms with E-state index in [-0.39, 0.29) is 18.4 Å². The molecule has 148 valence electrons. The number of likely N-dealkylation sites (N-methyl/N-ethyl adjacent to an activating group) is 1. The van der Waals surface area contributed by atoms with Crippen LogP contribution in [0.15, 0.2) is 12.1 Å². The van der Waals surface area contributed by atoms with Crippen molar-refractivity contribution in [2.45, 2.75) is 51.6 Å². The fourth-order valence-electron chi connectivity index (χ4n) is 3.62. The Morgan fingerprint density at radius 3 is 2.70 bits per heavy atom. The first kappa shape index (κ1) is 20.1. The van der Waals surface area contributed by atoms with E-state index in [1.807, 2.05) is 24.0 Å². The van der Waals surface area contributed by atoms with Crippen LogP contribution in [0.4, 0.5) is 4.79 Å². The van der Waals surface area contributed by atoms with Crippen LogP contribution in [0.5, 0.6) is 0 Å². The average Bonchev–Trinajstić information content (AvgIpc) is 3.13. The lowest BCUT2D eigenvalue weighted by Gasteiger charge is -2.33. The number of hydrazine groups is 1. The van der Waals surface area contributed by atoms with E-state index in [2.05, 4.69) is 17.7 Å². The van der Waals surface area contributed by atoms with Crippen LogP contribution in [0.1, 0.15) is 44.4 Å². The van der Waals surface area contributed by atoms with Crippen molar-refractivity contribution < 1.29 is 14.4 Å². The van der Waals surface area contributed by atoms with E-state index >= 15 is 0 Å². The number of nitrogens with one attached hydrogen (secondary N) is 2. The Labute approximate surface area is 168 Å².